The van der Waals surface area contributed by atoms with Crippen LogP contribution in [0.2, 0.25) is 0 Å². The number of ether oxygens (including phenoxy) is 1. The first-order chi connectivity index (χ1) is 13.5. The van der Waals surface area contributed by atoms with Crippen molar-refractivity contribution in [3.63, 3.8) is 0 Å². The molecule has 0 aliphatic heterocycles. The molecule has 0 fully saturated rings. The monoisotopic (exact) mass is 558 g/mol. The van der Waals surface area contributed by atoms with Crippen molar-refractivity contribution in [3.8, 4) is 5.75 Å². The molecule has 7 nitrogen and oxygen atoms in total. The average Bonchev–Trinajstić information content (AvgIpc) is 2.64. The molecule has 0 atom stereocenters. The number of hydrogen-bond acceptors (Lipinski definition) is 4. The van der Waals surface area contributed by atoms with E-state index in [4.69, 9.17) is 5.73 Å². The SMILES string of the molecule is Cc1ccc(S(=O)(=O)NCCNC(N)=NCc2ccc(OC(F)(F)F)cc2)cc1.I. The molecule has 0 saturated carbocycles. The fourth-order valence-electron chi connectivity index (χ4n) is 2.21. The molecule has 30 heavy (non-hydrogen) atoms. The van der Waals surface area contributed by atoms with E-state index in [1.165, 1.54) is 36.4 Å². The van der Waals surface area contributed by atoms with Crippen LogP contribution in [0.3, 0.4) is 0 Å². The van der Waals surface area contributed by atoms with Gasteiger partial charge in [0.15, 0.2) is 5.96 Å². The Hall–Kier alpha value is -2.06. The van der Waals surface area contributed by atoms with Crippen LogP contribution in [-0.4, -0.2) is 33.8 Å². The van der Waals surface area contributed by atoms with Crippen LogP contribution < -0.4 is 20.5 Å². The lowest BCUT2D eigenvalue weighted by Crippen LogP contribution is -2.38. The summed E-state index contributed by atoms with van der Waals surface area (Å²) in [6.07, 6.45) is -4.74. The summed E-state index contributed by atoms with van der Waals surface area (Å²) in [5.74, 6) is -0.243. The lowest BCUT2D eigenvalue weighted by atomic mass is 10.2. The number of aliphatic imine (C=N–C) groups is 1. The first-order valence-electron chi connectivity index (χ1n) is 8.50. The molecule has 166 valence electrons. The van der Waals surface area contributed by atoms with E-state index in [1.54, 1.807) is 12.1 Å². The summed E-state index contributed by atoms with van der Waals surface area (Å²) in [5.41, 5.74) is 7.29. The Balaban J connectivity index is 0.00000450. The van der Waals surface area contributed by atoms with Gasteiger partial charge in [0.2, 0.25) is 10.0 Å². The average molecular weight is 558 g/mol. The third-order valence-electron chi connectivity index (χ3n) is 3.64. The number of sulfonamides is 1. The summed E-state index contributed by atoms with van der Waals surface area (Å²) in [5, 5.41) is 2.76. The fraction of sp³-hybridized carbons (Fsp3) is 0.278. The Morgan fingerprint density at radius 1 is 1.07 bits per heavy atom. The van der Waals surface area contributed by atoms with E-state index in [0.717, 1.165) is 5.56 Å². The minimum Gasteiger partial charge on any atom is -0.406 e. The molecule has 12 heteroatoms. The van der Waals surface area contributed by atoms with E-state index < -0.39 is 16.4 Å². The van der Waals surface area contributed by atoms with Crippen LogP contribution in [-0.2, 0) is 16.6 Å². The van der Waals surface area contributed by atoms with Gasteiger partial charge in [-0.2, -0.15) is 0 Å². The number of nitrogens with zero attached hydrogens (tertiary/aromatic N) is 1. The predicted molar refractivity (Wildman–Crippen MR) is 118 cm³/mol. The van der Waals surface area contributed by atoms with E-state index in [1.807, 2.05) is 6.92 Å². The number of hydrogen-bond donors (Lipinski definition) is 3. The summed E-state index contributed by atoms with van der Waals surface area (Å²) in [7, 11) is -3.61. The lowest BCUT2D eigenvalue weighted by Gasteiger charge is -2.09. The Labute approximate surface area is 190 Å². The van der Waals surface area contributed by atoms with Crippen molar-refractivity contribution in [2.24, 2.45) is 10.7 Å². The van der Waals surface area contributed by atoms with Crippen molar-refractivity contribution in [2.45, 2.75) is 24.7 Å². The topological polar surface area (TPSA) is 106 Å². The van der Waals surface area contributed by atoms with Crippen molar-refractivity contribution >= 4 is 40.0 Å². The van der Waals surface area contributed by atoms with E-state index in [9.17, 15) is 21.6 Å². The first-order valence-corrected chi connectivity index (χ1v) is 9.98. The Kier molecular flexibility index (Phi) is 9.84. The molecule has 0 unspecified atom stereocenters. The maximum absolute atomic E-state index is 12.1. The molecule has 0 amide bonds. The van der Waals surface area contributed by atoms with Gasteiger partial charge in [-0.15, -0.1) is 37.1 Å². The molecule has 0 aliphatic carbocycles. The lowest BCUT2D eigenvalue weighted by molar-refractivity contribution is -0.274. The minimum atomic E-state index is -4.74. The van der Waals surface area contributed by atoms with Crippen LogP contribution >= 0.6 is 24.0 Å². The molecule has 0 heterocycles. The number of benzene rings is 2. The number of nitrogens with one attached hydrogen (secondary N) is 2. The third kappa shape index (κ3) is 9.17. The molecule has 2 aromatic carbocycles. The van der Waals surface area contributed by atoms with Gasteiger partial charge >= 0.3 is 6.36 Å². The van der Waals surface area contributed by atoms with Gasteiger partial charge in [0.05, 0.1) is 11.4 Å². The number of guanidine groups is 1. The van der Waals surface area contributed by atoms with Crippen LogP contribution in [0.25, 0.3) is 0 Å². The number of alkyl halides is 3. The van der Waals surface area contributed by atoms with Crippen molar-refractivity contribution in [1.82, 2.24) is 10.0 Å². The Bertz CT molecular complexity index is 935. The molecule has 2 aromatic rings. The molecule has 4 N–H and O–H groups in total. The van der Waals surface area contributed by atoms with Gasteiger partial charge in [-0.25, -0.2) is 18.1 Å². The molecule has 0 saturated heterocycles. The van der Waals surface area contributed by atoms with Crippen molar-refractivity contribution in [3.05, 3.63) is 59.7 Å². The normalized spacial score (nSPS) is 12.2. The van der Waals surface area contributed by atoms with Crippen LogP contribution in [0.4, 0.5) is 13.2 Å². The van der Waals surface area contributed by atoms with Gasteiger partial charge in [-0.1, -0.05) is 29.8 Å². The van der Waals surface area contributed by atoms with Gasteiger partial charge in [0, 0.05) is 13.1 Å². The second kappa shape index (κ2) is 11.4. The number of rotatable bonds is 8. The largest absolute Gasteiger partial charge is 0.573 e. The zero-order chi connectivity index (χ0) is 21.5. The van der Waals surface area contributed by atoms with E-state index >= 15 is 0 Å². The van der Waals surface area contributed by atoms with Gasteiger partial charge in [-0.3, -0.25) is 0 Å². The third-order valence-corrected chi connectivity index (χ3v) is 5.12. The predicted octanol–water partition coefficient (Wildman–Crippen LogP) is 2.89. The molecule has 0 aromatic heterocycles. The van der Waals surface area contributed by atoms with Gasteiger partial charge in [-0.05, 0) is 36.8 Å². The summed E-state index contributed by atoms with van der Waals surface area (Å²) < 4.78 is 66.8. The summed E-state index contributed by atoms with van der Waals surface area (Å²) >= 11 is 0. The molecular weight excluding hydrogens is 536 g/mol. The Morgan fingerprint density at radius 3 is 2.23 bits per heavy atom. The smallest absolute Gasteiger partial charge is 0.406 e. The molecular formula is C18H22F3IN4O3S. The van der Waals surface area contributed by atoms with E-state index in [-0.39, 0.29) is 60.2 Å². The van der Waals surface area contributed by atoms with Gasteiger partial charge in [0.25, 0.3) is 0 Å². The summed E-state index contributed by atoms with van der Waals surface area (Å²) in [6.45, 7) is 2.30. The van der Waals surface area contributed by atoms with Gasteiger partial charge in [0.1, 0.15) is 5.75 Å². The second-order valence-electron chi connectivity index (χ2n) is 6.03. The maximum Gasteiger partial charge on any atom is 0.573 e. The van der Waals surface area contributed by atoms with E-state index in [2.05, 4.69) is 19.8 Å². The van der Waals surface area contributed by atoms with E-state index in [0.29, 0.717) is 5.56 Å². The van der Waals surface area contributed by atoms with Gasteiger partial charge < -0.3 is 15.8 Å². The van der Waals surface area contributed by atoms with Crippen molar-refractivity contribution in [1.29, 1.82) is 0 Å². The highest BCUT2D eigenvalue weighted by molar-refractivity contribution is 14.0. The molecule has 2 rings (SSSR count). The number of nitrogens with two attached hydrogens (primary N) is 1. The maximum atomic E-state index is 12.1. The summed E-state index contributed by atoms with van der Waals surface area (Å²) in [6, 6.07) is 11.7. The number of halogens is 4. The summed E-state index contributed by atoms with van der Waals surface area (Å²) in [4.78, 5) is 4.21. The molecule has 0 bridgehead atoms. The van der Waals surface area contributed by atoms with Crippen molar-refractivity contribution < 1.29 is 26.3 Å². The zero-order valence-corrected chi connectivity index (χ0v) is 19.1. The van der Waals surface area contributed by atoms with Crippen LogP contribution in [0.15, 0.2) is 58.4 Å². The molecule has 0 aliphatic rings. The minimum absolute atomic E-state index is 0. The zero-order valence-electron chi connectivity index (χ0n) is 15.9. The standard InChI is InChI=1S/C18H21F3N4O3S.HI/c1-13-2-8-16(9-3-13)29(26,27)25-11-10-23-17(22)24-12-14-4-6-15(7-5-14)28-18(19,20)21;/h2-9,25H,10-12H2,1H3,(H3,22,23,24);1H. The molecule has 0 spiro atoms. The highest BCUT2D eigenvalue weighted by Gasteiger charge is 2.30. The highest BCUT2D eigenvalue weighted by Crippen LogP contribution is 2.22. The van der Waals surface area contributed by atoms with Crippen LogP contribution in [0.1, 0.15) is 11.1 Å². The second-order valence-corrected chi connectivity index (χ2v) is 7.80. The first kappa shape index (κ1) is 26.0. The van der Waals surface area contributed by atoms with Crippen molar-refractivity contribution in [2.75, 3.05) is 13.1 Å². The van der Waals surface area contributed by atoms with Crippen LogP contribution in [0.5, 0.6) is 5.75 Å². The number of aryl methyl sites for hydroxylation is 1. The highest BCUT2D eigenvalue weighted by atomic mass is 127. The fourth-order valence-corrected chi connectivity index (χ4v) is 3.24. The van der Waals surface area contributed by atoms with Crippen LogP contribution in [0, 0.1) is 6.92 Å². The molecule has 0 radical (unpaired) electrons. The Morgan fingerprint density at radius 2 is 1.67 bits per heavy atom. The quantitative estimate of drug-likeness (QED) is 0.200.